The van der Waals surface area contributed by atoms with Crippen molar-refractivity contribution in [3.8, 4) is 0 Å². The van der Waals surface area contributed by atoms with Crippen molar-refractivity contribution in [3.05, 3.63) is 29.6 Å². The molecule has 14 heavy (non-hydrogen) atoms. The van der Waals surface area contributed by atoms with Crippen LogP contribution in [-0.4, -0.2) is 21.1 Å². The molecule has 0 spiro atoms. The summed E-state index contributed by atoms with van der Waals surface area (Å²) in [5.41, 5.74) is 1.43. The molecule has 2 atom stereocenters. The zero-order valence-electron chi connectivity index (χ0n) is 8.53. The summed E-state index contributed by atoms with van der Waals surface area (Å²) in [5.74, 6) is 0.791. The van der Waals surface area contributed by atoms with Crippen LogP contribution in [0, 0.1) is 6.92 Å². The van der Waals surface area contributed by atoms with Crippen LogP contribution in [0.25, 0.3) is 0 Å². The molecule has 0 radical (unpaired) electrons. The quantitative estimate of drug-likeness (QED) is 0.769. The van der Waals surface area contributed by atoms with Gasteiger partial charge in [-0.2, -0.15) is 11.8 Å². The number of aromatic nitrogens is 1. The van der Waals surface area contributed by atoms with E-state index in [1.807, 2.05) is 30.9 Å². The van der Waals surface area contributed by atoms with Crippen LogP contribution < -0.4 is 0 Å². The van der Waals surface area contributed by atoms with E-state index in [4.69, 9.17) is 0 Å². The van der Waals surface area contributed by atoms with Crippen molar-refractivity contribution >= 4 is 11.8 Å². The van der Waals surface area contributed by atoms with Gasteiger partial charge in [0.2, 0.25) is 0 Å². The Morgan fingerprint density at radius 1 is 1.57 bits per heavy atom. The fourth-order valence-electron chi connectivity index (χ4n) is 1.88. The van der Waals surface area contributed by atoms with Crippen molar-refractivity contribution < 1.29 is 5.11 Å². The zero-order chi connectivity index (χ0) is 10.2. The summed E-state index contributed by atoms with van der Waals surface area (Å²) in [7, 11) is 0. The molecule has 1 aliphatic heterocycles. The van der Waals surface area contributed by atoms with Crippen molar-refractivity contribution in [2.45, 2.75) is 31.1 Å². The second kappa shape index (κ2) is 3.55. The van der Waals surface area contributed by atoms with Gasteiger partial charge >= 0.3 is 0 Å². The van der Waals surface area contributed by atoms with Gasteiger partial charge in [-0.15, -0.1) is 0 Å². The molecular formula is C11H15NOS. The molecule has 2 nitrogen and oxygen atoms in total. The Hall–Kier alpha value is -0.540. The Bertz CT molecular complexity index is 342. The van der Waals surface area contributed by atoms with Gasteiger partial charge in [-0.3, -0.25) is 4.98 Å². The van der Waals surface area contributed by atoms with Gasteiger partial charge in [0.25, 0.3) is 0 Å². The van der Waals surface area contributed by atoms with Crippen molar-refractivity contribution in [1.82, 2.24) is 4.98 Å². The zero-order valence-corrected chi connectivity index (χ0v) is 9.34. The lowest BCUT2D eigenvalue weighted by Gasteiger charge is -2.21. The third-order valence-corrected chi connectivity index (χ3v) is 4.02. The smallest absolute Gasteiger partial charge is 0.101 e. The molecule has 0 amide bonds. The average Bonchev–Trinajstić information content (AvgIpc) is 2.48. The number of rotatable bonds is 1. The summed E-state index contributed by atoms with van der Waals surface area (Å²) in [4.78, 5) is 4.13. The number of thioether (sulfide) groups is 1. The summed E-state index contributed by atoms with van der Waals surface area (Å²) in [5, 5.41) is 10.9. The van der Waals surface area contributed by atoms with E-state index < -0.39 is 5.60 Å². The lowest BCUT2D eigenvalue weighted by Crippen LogP contribution is -2.25. The summed E-state index contributed by atoms with van der Waals surface area (Å²) >= 11 is 1.83. The van der Waals surface area contributed by atoms with E-state index in [0.29, 0.717) is 5.25 Å². The number of pyridine rings is 1. The highest BCUT2D eigenvalue weighted by Gasteiger charge is 2.37. The molecule has 0 saturated carbocycles. The number of nitrogens with zero attached hydrogens (tertiary/aromatic N) is 1. The van der Waals surface area contributed by atoms with Gasteiger partial charge < -0.3 is 5.11 Å². The molecule has 2 rings (SSSR count). The second-order valence-corrected chi connectivity index (χ2v) is 5.54. The molecule has 0 bridgehead atoms. The van der Waals surface area contributed by atoms with Crippen LogP contribution in [0.5, 0.6) is 0 Å². The minimum absolute atomic E-state index is 0.542. The number of aliphatic hydroxyl groups is 1. The lowest BCUT2D eigenvalue weighted by molar-refractivity contribution is 0.0608. The van der Waals surface area contributed by atoms with Crippen LogP contribution in [0.4, 0.5) is 0 Å². The van der Waals surface area contributed by atoms with Crippen molar-refractivity contribution in [2.24, 2.45) is 0 Å². The Morgan fingerprint density at radius 3 is 2.93 bits per heavy atom. The monoisotopic (exact) mass is 209 g/mol. The summed E-state index contributed by atoms with van der Waals surface area (Å²) in [6, 6.07) is 2.03. The molecule has 1 saturated heterocycles. The van der Waals surface area contributed by atoms with Crippen molar-refractivity contribution in [3.63, 3.8) is 0 Å². The van der Waals surface area contributed by atoms with Crippen LogP contribution in [-0.2, 0) is 5.60 Å². The van der Waals surface area contributed by atoms with Gasteiger partial charge in [0, 0.05) is 29.0 Å². The van der Waals surface area contributed by atoms with E-state index in [1.54, 1.807) is 6.20 Å². The van der Waals surface area contributed by atoms with Gasteiger partial charge in [0.15, 0.2) is 0 Å². The van der Waals surface area contributed by atoms with Crippen LogP contribution in [0.3, 0.4) is 0 Å². The van der Waals surface area contributed by atoms with Gasteiger partial charge in [-0.25, -0.2) is 0 Å². The first-order valence-corrected chi connectivity index (χ1v) is 5.91. The van der Waals surface area contributed by atoms with Gasteiger partial charge in [-0.1, -0.05) is 13.0 Å². The highest BCUT2D eigenvalue weighted by molar-refractivity contribution is 8.00. The van der Waals surface area contributed by atoms with E-state index >= 15 is 0 Å². The second-order valence-electron chi connectivity index (χ2n) is 4.11. The number of aryl methyl sites for hydroxylation is 1. The normalized spacial score (nSPS) is 32.1. The average molecular weight is 209 g/mol. The summed E-state index contributed by atoms with van der Waals surface area (Å²) in [6.07, 6.45) is 4.44. The van der Waals surface area contributed by atoms with Crippen LogP contribution in [0.1, 0.15) is 24.5 Å². The predicted molar refractivity (Wildman–Crippen MR) is 59.4 cm³/mol. The maximum Gasteiger partial charge on any atom is 0.101 e. The molecule has 1 aliphatic rings. The van der Waals surface area contributed by atoms with E-state index in [2.05, 4.69) is 11.9 Å². The van der Waals surface area contributed by atoms with Crippen molar-refractivity contribution in [2.75, 3.05) is 5.75 Å². The predicted octanol–water partition coefficient (Wildman–Crippen LogP) is 2.10. The van der Waals surface area contributed by atoms with Crippen molar-refractivity contribution in [1.29, 1.82) is 0 Å². The van der Waals surface area contributed by atoms with Gasteiger partial charge in [-0.05, 0) is 18.9 Å². The SMILES string of the molecule is Cc1cncc(C2(O)CSC(C)C2)c1. The summed E-state index contributed by atoms with van der Waals surface area (Å²) < 4.78 is 0. The highest BCUT2D eigenvalue weighted by Crippen LogP contribution is 2.41. The van der Waals surface area contributed by atoms with Gasteiger partial charge in [0.1, 0.15) is 5.60 Å². The van der Waals surface area contributed by atoms with Crippen LogP contribution >= 0.6 is 11.8 Å². The van der Waals surface area contributed by atoms with E-state index in [9.17, 15) is 5.11 Å². The molecular weight excluding hydrogens is 194 g/mol. The minimum atomic E-state index is -0.650. The first-order chi connectivity index (χ1) is 6.60. The van der Waals surface area contributed by atoms with Crippen LogP contribution in [0.15, 0.2) is 18.5 Å². The lowest BCUT2D eigenvalue weighted by atomic mass is 9.92. The maximum absolute atomic E-state index is 10.4. The molecule has 1 fully saturated rings. The molecule has 3 heteroatoms. The molecule has 2 heterocycles. The van der Waals surface area contributed by atoms with E-state index in [-0.39, 0.29) is 0 Å². The first kappa shape index (κ1) is 9.99. The van der Waals surface area contributed by atoms with Crippen LogP contribution in [0.2, 0.25) is 0 Å². The molecule has 2 unspecified atom stereocenters. The Kier molecular flexibility index (Phi) is 2.54. The van der Waals surface area contributed by atoms with Gasteiger partial charge in [0.05, 0.1) is 0 Å². The highest BCUT2D eigenvalue weighted by atomic mass is 32.2. The fraction of sp³-hybridized carbons (Fsp3) is 0.545. The molecule has 0 aromatic carbocycles. The molecule has 1 aromatic heterocycles. The Morgan fingerprint density at radius 2 is 2.36 bits per heavy atom. The summed E-state index contributed by atoms with van der Waals surface area (Å²) in [6.45, 7) is 4.16. The third kappa shape index (κ3) is 1.79. The fourth-order valence-corrected chi connectivity index (χ4v) is 3.12. The van der Waals surface area contributed by atoms with E-state index in [1.165, 1.54) is 0 Å². The number of hydrogen-bond donors (Lipinski definition) is 1. The third-order valence-electron chi connectivity index (χ3n) is 2.64. The molecule has 1 N–H and O–H groups in total. The standard InChI is InChI=1S/C11H15NOS/c1-8-3-10(6-12-5-8)11(13)4-9(2)14-7-11/h3,5-6,9,13H,4,7H2,1-2H3. The molecule has 0 aliphatic carbocycles. The van der Waals surface area contributed by atoms with E-state index in [0.717, 1.165) is 23.3 Å². The topological polar surface area (TPSA) is 33.1 Å². The Balaban J connectivity index is 2.30. The Labute approximate surface area is 88.8 Å². The largest absolute Gasteiger partial charge is 0.384 e. The maximum atomic E-state index is 10.4. The first-order valence-electron chi connectivity index (χ1n) is 4.86. The molecule has 76 valence electrons. The molecule has 1 aromatic rings. The minimum Gasteiger partial charge on any atom is -0.384 e. The number of hydrogen-bond acceptors (Lipinski definition) is 3.